The first-order valence-electron chi connectivity index (χ1n) is 8.03. The fraction of sp³-hybridized carbons (Fsp3) is 0.278. The summed E-state index contributed by atoms with van der Waals surface area (Å²) in [5.74, 6) is 0.381. The number of rotatable bonds is 2. The third-order valence-corrected chi connectivity index (χ3v) is 4.64. The number of nitrogen functional groups attached to an aromatic ring is 1. The first-order valence-corrected chi connectivity index (χ1v) is 8.03. The van der Waals surface area contributed by atoms with Gasteiger partial charge in [0.05, 0.1) is 18.7 Å². The van der Waals surface area contributed by atoms with Gasteiger partial charge in [0.1, 0.15) is 0 Å². The zero-order chi connectivity index (χ0) is 16.7. The number of anilines is 1. The van der Waals surface area contributed by atoms with Gasteiger partial charge in [0.2, 0.25) is 11.9 Å². The summed E-state index contributed by atoms with van der Waals surface area (Å²) in [4.78, 5) is 22.9. The molecule has 1 aliphatic rings. The lowest BCUT2D eigenvalue weighted by molar-refractivity contribution is -0.131. The van der Waals surface area contributed by atoms with Gasteiger partial charge in [-0.1, -0.05) is 18.2 Å². The largest absolute Gasteiger partial charge is 0.368 e. The second kappa shape index (κ2) is 5.63. The molecule has 0 radical (unpaired) electrons. The standard InChI is InChI=1S/C18H19N5O/c1-22-10-13(14-4-2-3-5-16(14)22)8-17(24)23-7-6-12-9-20-18(19)21-15(12)11-23/h2-5,9-10H,6-8,11H2,1H3,(H2,19,20,21). The molecule has 0 aliphatic carbocycles. The molecule has 6 heteroatoms. The third kappa shape index (κ3) is 2.50. The number of aromatic nitrogens is 3. The number of benzene rings is 1. The Kier molecular flexibility index (Phi) is 3.45. The molecule has 0 fully saturated rings. The second-order valence-corrected chi connectivity index (χ2v) is 6.22. The minimum absolute atomic E-state index is 0.120. The molecule has 2 N–H and O–H groups in total. The molecule has 2 aromatic heterocycles. The third-order valence-electron chi connectivity index (χ3n) is 4.64. The summed E-state index contributed by atoms with van der Waals surface area (Å²) in [6.45, 7) is 1.20. The predicted octanol–water partition coefficient (Wildman–Crippen LogP) is 1.68. The smallest absolute Gasteiger partial charge is 0.227 e. The van der Waals surface area contributed by atoms with Crippen molar-refractivity contribution in [3.63, 3.8) is 0 Å². The highest BCUT2D eigenvalue weighted by atomic mass is 16.2. The van der Waals surface area contributed by atoms with Gasteiger partial charge < -0.3 is 15.2 Å². The van der Waals surface area contributed by atoms with Crippen LogP contribution in [0.1, 0.15) is 16.8 Å². The molecule has 122 valence electrons. The van der Waals surface area contributed by atoms with Crippen molar-refractivity contribution in [2.24, 2.45) is 7.05 Å². The summed E-state index contributed by atoms with van der Waals surface area (Å²) in [5.41, 5.74) is 9.81. The Labute approximate surface area is 139 Å². The van der Waals surface area contributed by atoms with Crippen LogP contribution in [0.15, 0.2) is 36.7 Å². The maximum absolute atomic E-state index is 12.8. The fourth-order valence-electron chi connectivity index (χ4n) is 3.37. The van der Waals surface area contributed by atoms with E-state index >= 15 is 0 Å². The van der Waals surface area contributed by atoms with E-state index in [-0.39, 0.29) is 11.9 Å². The monoisotopic (exact) mass is 321 g/mol. The van der Waals surface area contributed by atoms with Crippen LogP contribution in [0.5, 0.6) is 0 Å². The predicted molar refractivity (Wildman–Crippen MR) is 92.2 cm³/mol. The lowest BCUT2D eigenvalue weighted by atomic mass is 10.1. The van der Waals surface area contributed by atoms with Crippen molar-refractivity contribution in [2.75, 3.05) is 12.3 Å². The molecule has 1 aliphatic heterocycles. The van der Waals surface area contributed by atoms with E-state index in [0.717, 1.165) is 34.1 Å². The summed E-state index contributed by atoms with van der Waals surface area (Å²) >= 11 is 0. The Balaban J connectivity index is 1.56. The van der Waals surface area contributed by atoms with Crippen LogP contribution in [0.4, 0.5) is 5.95 Å². The normalized spacial score (nSPS) is 14.0. The van der Waals surface area contributed by atoms with Gasteiger partial charge in [0.15, 0.2) is 0 Å². The van der Waals surface area contributed by atoms with Gasteiger partial charge in [-0.25, -0.2) is 9.97 Å². The van der Waals surface area contributed by atoms with E-state index < -0.39 is 0 Å². The molecule has 24 heavy (non-hydrogen) atoms. The van der Waals surface area contributed by atoms with E-state index in [9.17, 15) is 4.79 Å². The first kappa shape index (κ1) is 14.7. The number of aryl methyl sites for hydroxylation is 1. The summed E-state index contributed by atoms with van der Waals surface area (Å²) in [6.07, 6.45) is 4.99. The Morgan fingerprint density at radius 3 is 3.04 bits per heavy atom. The average molecular weight is 321 g/mol. The van der Waals surface area contributed by atoms with Crippen molar-refractivity contribution in [1.82, 2.24) is 19.4 Å². The van der Waals surface area contributed by atoms with Gasteiger partial charge in [-0.3, -0.25) is 4.79 Å². The highest BCUT2D eigenvalue weighted by Gasteiger charge is 2.23. The molecule has 3 heterocycles. The van der Waals surface area contributed by atoms with Crippen molar-refractivity contribution in [3.05, 3.63) is 53.5 Å². The topological polar surface area (TPSA) is 77.0 Å². The number of hydrogen-bond donors (Lipinski definition) is 1. The van der Waals surface area contributed by atoms with Crippen LogP contribution in [-0.4, -0.2) is 31.9 Å². The minimum atomic E-state index is 0.120. The van der Waals surface area contributed by atoms with Crippen LogP contribution >= 0.6 is 0 Å². The van der Waals surface area contributed by atoms with Gasteiger partial charge in [-0.05, 0) is 23.6 Å². The fourth-order valence-corrected chi connectivity index (χ4v) is 3.37. The molecule has 0 bridgehead atoms. The summed E-state index contributed by atoms with van der Waals surface area (Å²) in [7, 11) is 2.01. The molecular formula is C18H19N5O. The maximum Gasteiger partial charge on any atom is 0.227 e. The first-order chi connectivity index (χ1) is 11.6. The summed E-state index contributed by atoms with van der Waals surface area (Å²) < 4.78 is 2.07. The van der Waals surface area contributed by atoms with Crippen LogP contribution in [0.25, 0.3) is 10.9 Å². The molecule has 0 unspecified atom stereocenters. The molecule has 1 amide bonds. The van der Waals surface area contributed by atoms with Crippen LogP contribution in [0.3, 0.4) is 0 Å². The molecular weight excluding hydrogens is 302 g/mol. The molecule has 0 spiro atoms. The number of fused-ring (bicyclic) bond motifs is 2. The minimum Gasteiger partial charge on any atom is -0.368 e. The average Bonchev–Trinajstić information content (AvgIpc) is 2.90. The van der Waals surface area contributed by atoms with Gasteiger partial charge in [0, 0.05) is 36.9 Å². The van der Waals surface area contributed by atoms with Gasteiger partial charge in [0.25, 0.3) is 0 Å². The van der Waals surface area contributed by atoms with Crippen molar-refractivity contribution in [1.29, 1.82) is 0 Å². The van der Waals surface area contributed by atoms with Crippen LogP contribution in [-0.2, 0) is 31.2 Å². The Bertz CT molecular complexity index is 930. The van der Waals surface area contributed by atoms with E-state index in [2.05, 4.69) is 26.7 Å². The zero-order valence-electron chi connectivity index (χ0n) is 13.6. The number of nitrogens with zero attached hydrogens (tertiary/aromatic N) is 4. The summed E-state index contributed by atoms with van der Waals surface area (Å²) in [5, 5.41) is 1.14. The number of carbonyl (C=O) groups is 1. The number of hydrogen-bond acceptors (Lipinski definition) is 4. The number of carbonyl (C=O) groups excluding carboxylic acids is 1. The maximum atomic E-state index is 12.8. The SMILES string of the molecule is Cn1cc(CC(=O)N2CCc3cnc(N)nc3C2)c2ccccc21. The van der Waals surface area contributed by atoms with Gasteiger partial charge >= 0.3 is 0 Å². The van der Waals surface area contributed by atoms with Crippen LogP contribution in [0.2, 0.25) is 0 Å². The van der Waals surface area contributed by atoms with E-state index in [1.807, 2.05) is 30.3 Å². The van der Waals surface area contributed by atoms with Crippen LogP contribution in [0, 0.1) is 0 Å². The van der Waals surface area contributed by atoms with Gasteiger partial charge in [-0.2, -0.15) is 0 Å². The highest BCUT2D eigenvalue weighted by molar-refractivity contribution is 5.89. The number of amides is 1. The van der Waals surface area contributed by atoms with Gasteiger partial charge in [-0.15, -0.1) is 0 Å². The molecule has 0 atom stereocenters. The Hall–Kier alpha value is -2.89. The van der Waals surface area contributed by atoms with Crippen LogP contribution < -0.4 is 5.73 Å². The van der Waals surface area contributed by atoms with E-state index in [0.29, 0.717) is 19.5 Å². The van der Waals surface area contributed by atoms with E-state index in [1.54, 1.807) is 6.20 Å². The van der Waals surface area contributed by atoms with Crippen molar-refractivity contribution in [3.8, 4) is 0 Å². The van der Waals surface area contributed by atoms with Crippen molar-refractivity contribution < 1.29 is 4.79 Å². The Morgan fingerprint density at radius 1 is 1.33 bits per heavy atom. The number of para-hydroxylation sites is 1. The molecule has 0 saturated carbocycles. The van der Waals surface area contributed by atoms with Crippen molar-refractivity contribution in [2.45, 2.75) is 19.4 Å². The molecule has 1 aromatic carbocycles. The summed E-state index contributed by atoms with van der Waals surface area (Å²) in [6, 6.07) is 8.16. The molecule has 0 saturated heterocycles. The van der Waals surface area contributed by atoms with E-state index in [1.165, 1.54) is 0 Å². The lowest BCUT2D eigenvalue weighted by Crippen LogP contribution is -2.37. The zero-order valence-corrected chi connectivity index (χ0v) is 13.6. The number of nitrogens with two attached hydrogens (primary N) is 1. The molecule has 3 aromatic rings. The van der Waals surface area contributed by atoms with Crippen molar-refractivity contribution >= 4 is 22.8 Å². The molecule has 6 nitrogen and oxygen atoms in total. The molecule has 4 rings (SSSR count). The lowest BCUT2D eigenvalue weighted by Gasteiger charge is -2.28. The second-order valence-electron chi connectivity index (χ2n) is 6.22. The van der Waals surface area contributed by atoms with E-state index in [4.69, 9.17) is 5.73 Å². The quantitative estimate of drug-likeness (QED) is 0.779. The highest BCUT2D eigenvalue weighted by Crippen LogP contribution is 2.23. The Morgan fingerprint density at radius 2 is 2.17 bits per heavy atom.